The normalized spacial score (nSPS) is 13.0. The van der Waals surface area contributed by atoms with Gasteiger partial charge >= 0.3 is 0 Å². The second-order valence-electron chi connectivity index (χ2n) is 6.17. The van der Waals surface area contributed by atoms with E-state index < -0.39 is 21.8 Å². The Morgan fingerprint density at radius 1 is 0.955 bits per heavy atom. The molecule has 5 nitrogen and oxygen atoms in total. The van der Waals surface area contributed by atoms with Crippen LogP contribution >= 0.6 is 0 Å². The zero-order valence-electron chi connectivity index (χ0n) is 14.1. The molecular weight excluding hydrogens is 302 g/mol. The fraction of sp³-hybridized carbons (Fsp3) is 0.938. The molecule has 0 saturated heterocycles. The highest BCUT2D eigenvalue weighted by Gasteiger charge is 2.14. The molecule has 0 aliphatic rings. The molecule has 2 N–H and O–H groups in total. The van der Waals surface area contributed by atoms with E-state index in [0.717, 1.165) is 19.3 Å². The van der Waals surface area contributed by atoms with Gasteiger partial charge in [-0.3, -0.25) is 9.35 Å². The van der Waals surface area contributed by atoms with Crippen LogP contribution in [0.5, 0.6) is 0 Å². The van der Waals surface area contributed by atoms with Gasteiger partial charge in [0.15, 0.2) is 5.75 Å². The number of nitrogens with one attached hydrogen (secondary N) is 1. The third-order valence-electron chi connectivity index (χ3n) is 3.71. The number of carbonyl (C=O) groups is 1. The Kier molecular flexibility index (Phi) is 12.5. The van der Waals surface area contributed by atoms with Crippen LogP contribution in [0.1, 0.15) is 84.5 Å². The molecule has 0 aromatic carbocycles. The summed E-state index contributed by atoms with van der Waals surface area (Å²) >= 11 is 0. The molecule has 0 heterocycles. The van der Waals surface area contributed by atoms with E-state index in [2.05, 4.69) is 12.2 Å². The first-order chi connectivity index (χ1) is 10.3. The molecule has 22 heavy (non-hydrogen) atoms. The Balaban J connectivity index is 3.42. The van der Waals surface area contributed by atoms with Crippen molar-refractivity contribution in [3.05, 3.63) is 0 Å². The van der Waals surface area contributed by atoms with Crippen LogP contribution in [0.2, 0.25) is 0 Å². The van der Waals surface area contributed by atoms with Crippen molar-refractivity contribution in [2.24, 2.45) is 0 Å². The second kappa shape index (κ2) is 12.9. The molecule has 0 fully saturated rings. The van der Waals surface area contributed by atoms with Gasteiger partial charge in [-0.1, -0.05) is 71.1 Å². The van der Waals surface area contributed by atoms with Crippen LogP contribution in [0.15, 0.2) is 0 Å². The fourth-order valence-electron chi connectivity index (χ4n) is 2.49. The summed E-state index contributed by atoms with van der Waals surface area (Å²) in [6, 6.07) is -0.0525. The van der Waals surface area contributed by atoms with Gasteiger partial charge < -0.3 is 5.32 Å². The lowest BCUT2D eigenvalue weighted by molar-refractivity contribution is -0.119. The van der Waals surface area contributed by atoms with Crippen LogP contribution in [0.4, 0.5) is 0 Å². The molecule has 0 rings (SSSR count). The third-order valence-corrected chi connectivity index (χ3v) is 4.34. The van der Waals surface area contributed by atoms with Crippen molar-refractivity contribution in [3.63, 3.8) is 0 Å². The monoisotopic (exact) mass is 335 g/mol. The number of carbonyl (C=O) groups excluding carboxylic acids is 1. The minimum Gasteiger partial charge on any atom is -0.353 e. The Morgan fingerprint density at radius 3 is 1.86 bits per heavy atom. The van der Waals surface area contributed by atoms with Gasteiger partial charge in [0.25, 0.3) is 10.1 Å². The molecule has 0 saturated carbocycles. The summed E-state index contributed by atoms with van der Waals surface area (Å²) in [4.78, 5) is 11.3. The first-order valence-electron chi connectivity index (χ1n) is 8.59. The van der Waals surface area contributed by atoms with E-state index in [1.807, 2.05) is 6.92 Å². The van der Waals surface area contributed by atoms with Crippen LogP contribution in [-0.2, 0) is 14.9 Å². The molecule has 1 amide bonds. The van der Waals surface area contributed by atoms with Crippen LogP contribution in [-0.4, -0.2) is 30.7 Å². The van der Waals surface area contributed by atoms with Gasteiger partial charge in [0.1, 0.15) is 0 Å². The van der Waals surface area contributed by atoms with Crippen molar-refractivity contribution in [2.45, 2.75) is 90.5 Å². The maximum Gasteiger partial charge on any atom is 0.274 e. The van der Waals surface area contributed by atoms with E-state index >= 15 is 0 Å². The van der Waals surface area contributed by atoms with Gasteiger partial charge in [0.2, 0.25) is 5.91 Å². The van der Waals surface area contributed by atoms with Gasteiger partial charge in [0.05, 0.1) is 0 Å². The van der Waals surface area contributed by atoms with Crippen molar-refractivity contribution in [2.75, 3.05) is 5.75 Å². The average molecular weight is 336 g/mol. The summed E-state index contributed by atoms with van der Waals surface area (Å²) in [6.07, 6.45) is 13.5. The summed E-state index contributed by atoms with van der Waals surface area (Å²) in [5.74, 6) is -1.49. The van der Waals surface area contributed by atoms with Crippen molar-refractivity contribution >= 4 is 16.0 Å². The van der Waals surface area contributed by atoms with E-state index in [1.165, 1.54) is 51.4 Å². The quantitative estimate of drug-likeness (QED) is 0.374. The molecule has 132 valence electrons. The summed E-state index contributed by atoms with van der Waals surface area (Å²) in [5, 5.41) is 2.59. The smallest absolute Gasteiger partial charge is 0.274 e. The Hall–Kier alpha value is -0.620. The lowest BCUT2D eigenvalue weighted by atomic mass is 10.0. The van der Waals surface area contributed by atoms with E-state index in [9.17, 15) is 13.2 Å². The Labute approximate surface area is 136 Å². The third kappa shape index (κ3) is 15.8. The molecule has 1 unspecified atom stereocenters. The molecule has 0 aromatic rings. The number of hydrogen-bond acceptors (Lipinski definition) is 3. The largest absolute Gasteiger partial charge is 0.353 e. The Morgan fingerprint density at radius 2 is 1.41 bits per heavy atom. The van der Waals surface area contributed by atoms with Crippen LogP contribution in [0.3, 0.4) is 0 Å². The van der Waals surface area contributed by atoms with E-state index in [0.29, 0.717) is 0 Å². The maximum atomic E-state index is 11.3. The summed E-state index contributed by atoms with van der Waals surface area (Å²) in [6.45, 7) is 4.09. The molecule has 0 aliphatic heterocycles. The lowest BCUT2D eigenvalue weighted by Gasteiger charge is -2.13. The summed E-state index contributed by atoms with van der Waals surface area (Å²) in [5.41, 5.74) is 0. The van der Waals surface area contributed by atoms with Crippen molar-refractivity contribution in [1.29, 1.82) is 0 Å². The number of amides is 1. The SMILES string of the molecule is CCCCCCCCCCCCC(C)NC(=O)CS(=O)(=O)O. The summed E-state index contributed by atoms with van der Waals surface area (Å²) in [7, 11) is -4.23. The first-order valence-corrected chi connectivity index (χ1v) is 10.2. The predicted molar refractivity (Wildman–Crippen MR) is 90.5 cm³/mol. The van der Waals surface area contributed by atoms with E-state index in [-0.39, 0.29) is 6.04 Å². The standard InChI is InChI=1S/C16H33NO4S/c1-3-4-5-6-7-8-9-10-11-12-13-15(2)17-16(18)14-22(19,20)21/h15H,3-14H2,1-2H3,(H,17,18)(H,19,20,21). The molecule has 0 spiro atoms. The highest BCUT2D eigenvalue weighted by Crippen LogP contribution is 2.11. The van der Waals surface area contributed by atoms with Crippen molar-refractivity contribution in [3.8, 4) is 0 Å². The molecule has 6 heteroatoms. The summed E-state index contributed by atoms with van der Waals surface area (Å²) < 4.78 is 29.7. The molecular formula is C16H33NO4S. The van der Waals surface area contributed by atoms with Gasteiger partial charge in [-0.25, -0.2) is 0 Å². The second-order valence-corrected chi connectivity index (χ2v) is 7.62. The molecule has 0 bridgehead atoms. The minimum atomic E-state index is -4.23. The van der Waals surface area contributed by atoms with Crippen molar-refractivity contribution < 1.29 is 17.8 Å². The van der Waals surface area contributed by atoms with Gasteiger partial charge in [-0.05, 0) is 13.3 Å². The Bertz CT molecular complexity index is 382. The first kappa shape index (κ1) is 21.4. The zero-order valence-corrected chi connectivity index (χ0v) is 15.0. The highest BCUT2D eigenvalue weighted by molar-refractivity contribution is 7.86. The van der Waals surface area contributed by atoms with Crippen LogP contribution < -0.4 is 5.32 Å². The van der Waals surface area contributed by atoms with Crippen LogP contribution in [0, 0.1) is 0 Å². The molecule has 1 atom stereocenters. The highest BCUT2D eigenvalue weighted by atomic mass is 32.2. The van der Waals surface area contributed by atoms with Gasteiger partial charge in [-0.2, -0.15) is 8.42 Å². The molecule has 0 aliphatic carbocycles. The van der Waals surface area contributed by atoms with Crippen LogP contribution in [0.25, 0.3) is 0 Å². The molecule has 0 radical (unpaired) electrons. The topological polar surface area (TPSA) is 83.5 Å². The van der Waals surface area contributed by atoms with Crippen molar-refractivity contribution in [1.82, 2.24) is 5.32 Å². The minimum absolute atomic E-state index is 0.0525. The number of unbranched alkanes of at least 4 members (excludes halogenated alkanes) is 9. The average Bonchev–Trinajstić information content (AvgIpc) is 2.38. The molecule has 0 aromatic heterocycles. The van der Waals surface area contributed by atoms with Gasteiger partial charge in [0, 0.05) is 6.04 Å². The van der Waals surface area contributed by atoms with E-state index in [1.54, 1.807) is 0 Å². The maximum absolute atomic E-state index is 11.3. The predicted octanol–water partition coefficient (Wildman–Crippen LogP) is 3.69. The number of rotatable bonds is 14. The fourth-order valence-corrected chi connectivity index (χ4v) is 2.91. The van der Waals surface area contributed by atoms with E-state index in [4.69, 9.17) is 4.55 Å². The number of hydrogen-bond donors (Lipinski definition) is 2. The van der Waals surface area contributed by atoms with Gasteiger partial charge in [-0.15, -0.1) is 0 Å². The lowest BCUT2D eigenvalue weighted by Crippen LogP contribution is -2.36. The zero-order chi connectivity index (χ0) is 16.8.